The molecule has 0 saturated carbocycles. The summed E-state index contributed by atoms with van der Waals surface area (Å²) in [6.07, 6.45) is 8.64. The molecule has 1 N–H and O–H groups in total. The second-order valence-corrected chi connectivity index (χ2v) is 3.27. The van der Waals surface area contributed by atoms with Crippen LogP contribution in [0.3, 0.4) is 0 Å². The van der Waals surface area contributed by atoms with Crippen molar-refractivity contribution >= 4 is 5.97 Å². The Labute approximate surface area is 91.3 Å². The van der Waals surface area contributed by atoms with Gasteiger partial charge in [0.15, 0.2) is 0 Å². The molecule has 13 heavy (non-hydrogen) atoms. The molecule has 0 bridgehead atoms. The molecule has 0 aromatic heterocycles. The first kappa shape index (κ1) is 15.4. The summed E-state index contributed by atoms with van der Waals surface area (Å²) in [5.41, 5.74) is 0. The van der Waals surface area contributed by atoms with Crippen molar-refractivity contribution in [2.75, 3.05) is 0 Å². The summed E-state index contributed by atoms with van der Waals surface area (Å²) in [7, 11) is 0. The third-order valence-electron chi connectivity index (χ3n) is 1.99. The molecule has 0 fully saturated rings. The first-order valence-electron chi connectivity index (χ1n) is 4.99. The van der Waals surface area contributed by atoms with E-state index in [0.29, 0.717) is 6.42 Å². The van der Waals surface area contributed by atoms with Crippen LogP contribution >= 0.6 is 0 Å². The predicted molar refractivity (Wildman–Crippen MR) is 50.2 cm³/mol. The van der Waals surface area contributed by atoms with Crippen LogP contribution in [0, 0.1) is 0 Å². The van der Waals surface area contributed by atoms with Gasteiger partial charge in [-0.05, 0) is 6.42 Å². The number of hydrogen-bond acceptors (Lipinski definition) is 1. The zero-order valence-corrected chi connectivity index (χ0v) is 9.39. The molecule has 0 unspecified atom stereocenters. The van der Waals surface area contributed by atoms with E-state index >= 15 is 0 Å². The maximum absolute atomic E-state index is 10.1. The van der Waals surface area contributed by atoms with Gasteiger partial charge in [0.2, 0.25) is 0 Å². The average molecular weight is 231 g/mol. The van der Waals surface area contributed by atoms with Crippen LogP contribution in [0.1, 0.15) is 58.3 Å². The predicted octanol–water partition coefficient (Wildman–Crippen LogP) is 3.21. The normalized spacial score (nSPS) is 9.31. The fourth-order valence-electron chi connectivity index (χ4n) is 1.23. The SMILES string of the molecule is CCCCCCCCCC(=O)O.[Co+2]. The van der Waals surface area contributed by atoms with Gasteiger partial charge in [0.05, 0.1) is 0 Å². The number of hydrogen-bond donors (Lipinski definition) is 1. The van der Waals surface area contributed by atoms with E-state index in [1.54, 1.807) is 0 Å². The third-order valence-corrected chi connectivity index (χ3v) is 1.99. The molecule has 79 valence electrons. The van der Waals surface area contributed by atoms with E-state index in [1.807, 2.05) is 0 Å². The van der Waals surface area contributed by atoms with E-state index in [1.165, 1.54) is 32.1 Å². The van der Waals surface area contributed by atoms with Crippen molar-refractivity contribution < 1.29 is 26.7 Å². The van der Waals surface area contributed by atoms with Gasteiger partial charge in [-0.3, -0.25) is 4.79 Å². The number of unbranched alkanes of at least 4 members (excludes halogenated alkanes) is 6. The molecule has 0 aromatic rings. The van der Waals surface area contributed by atoms with Crippen LogP contribution in [0.2, 0.25) is 0 Å². The van der Waals surface area contributed by atoms with Crippen LogP contribution < -0.4 is 0 Å². The Hall–Kier alpha value is -0.0235. The Kier molecular flexibility index (Phi) is 14.2. The number of rotatable bonds is 8. The minimum atomic E-state index is -0.663. The summed E-state index contributed by atoms with van der Waals surface area (Å²) in [4.78, 5) is 10.1. The van der Waals surface area contributed by atoms with Gasteiger partial charge in [0.25, 0.3) is 0 Å². The molecule has 0 aromatic carbocycles. The van der Waals surface area contributed by atoms with Crippen molar-refractivity contribution in [3.8, 4) is 0 Å². The van der Waals surface area contributed by atoms with Gasteiger partial charge < -0.3 is 5.11 Å². The number of carboxylic acids is 1. The molecule has 3 heteroatoms. The Morgan fingerprint density at radius 2 is 1.46 bits per heavy atom. The molecular formula is C10H20CoO2+2. The van der Waals surface area contributed by atoms with Crippen molar-refractivity contribution in [3.05, 3.63) is 0 Å². The summed E-state index contributed by atoms with van der Waals surface area (Å²) in [5.74, 6) is -0.663. The Balaban J connectivity index is 0. The van der Waals surface area contributed by atoms with Gasteiger partial charge in [0, 0.05) is 6.42 Å². The zero-order valence-electron chi connectivity index (χ0n) is 8.35. The molecular weight excluding hydrogens is 211 g/mol. The van der Waals surface area contributed by atoms with Crippen LogP contribution in [0.25, 0.3) is 0 Å². The number of carbonyl (C=O) groups is 1. The van der Waals surface area contributed by atoms with Gasteiger partial charge in [-0.2, -0.15) is 0 Å². The molecule has 2 nitrogen and oxygen atoms in total. The third kappa shape index (κ3) is 14.8. The van der Waals surface area contributed by atoms with Crippen LogP contribution in [-0.4, -0.2) is 11.1 Å². The molecule has 0 rings (SSSR count). The van der Waals surface area contributed by atoms with Crippen LogP contribution in [-0.2, 0) is 21.6 Å². The summed E-state index contributed by atoms with van der Waals surface area (Å²) in [6.45, 7) is 2.20. The number of carboxylic acid groups (broad SMARTS) is 1. The summed E-state index contributed by atoms with van der Waals surface area (Å²) < 4.78 is 0. The van der Waals surface area contributed by atoms with Gasteiger partial charge in [0.1, 0.15) is 0 Å². The van der Waals surface area contributed by atoms with Crippen molar-refractivity contribution in [2.45, 2.75) is 58.3 Å². The maximum Gasteiger partial charge on any atom is 2.00 e. The Bertz CT molecular complexity index is 115. The minimum absolute atomic E-state index is 0. The minimum Gasteiger partial charge on any atom is -0.481 e. The van der Waals surface area contributed by atoms with Gasteiger partial charge in [-0.1, -0.05) is 45.4 Å². The van der Waals surface area contributed by atoms with Crippen molar-refractivity contribution in [3.63, 3.8) is 0 Å². The molecule has 0 aliphatic heterocycles. The molecule has 1 radical (unpaired) electrons. The molecule has 0 spiro atoms. The van der Waals surface area contributed by atoms with Crippen molar-refractivity contribution in [2.24, 2.45) is 0 Å². The standard InChI is InChI=1S/C10H20O2.Co/c1-2-3-4-5-6-7-8-9-10(11)12;/h2-9H2,1H3,(H,11,12);/q;+2. The topological polar surface area (TPSA) is 37.3 Å². The monoisotopic (exact) mass is 231 g/mol. The van der Waals surface area contributed by atoms with E-state index < -0.39 is 5.97 Å². The van der Waals surface area contributed by atoms with Crippen molar-refractivity contribution in [1.29, 1.82) is 0 Å². The number of aliphatic carboxylic acids is 1. The van der Waals surface area contributed by atoms with E-state index in [0.717, 1.165) is 12.8 Å². The first-order chi connectivity index (χ1) is 5.77. The molecule has 0 aliphatic carbocycles. The summed E-state index contributed by atoms with van der Waals surface area (Å²) >= 11 is 0. The van der Waals surface area contributed by atoms with Crippen LogP contribution in [0.4, 0.5) is 0 Å². The largest absolute Gasteiger partial charge is 2.00 e. The van der Waals surface area contributed by atoms with Crippen molar-refractivity contribution in [1.82, 2.24) is 0 Å². The Morgan fingerprint density at radius 3 is 1.92 bits per heavy atom. The first-order valence-corrected chi connectivity index (χ1v) is 4.99. The second-order valence-electron chi connectivity index (χ2n) is 3.27. The van der Waals surface area contributed by atoms with E-state index in [9.17, 15) is 4.79 Å². The average Bonchev–Trinajstić information content (AvgIpc) is 2.02. The van der Waals surface area contributed by atoms with Gasteiger partial charge in [-0.25, -0.2) is 0 Å². The quantitative estimate of drug-likeness (QED) is 0.651. The van der Waals surface area contributed by atoms with E-state index in [2.05, 4.69) is 6.92 Å². The van der Waals surface area contributed by atoms with E-state index in [4.69, 9.17) is 5.11 Å². The summed E-state index contributed by atoms with van der Waals surface area (Å²) in [5, 5.41) is 8.35. The molecule has 0 amide bonds. The Morgan fingerprint density at radius 1 is 1.00 bits per heavy atom. The summed E-state index contributed by atoms with van der Waals surface area (Å²) in [6, 6.07) is 0. The zero-order chi connectivity index (χ0) is 9.23. The second kappa shape index (κ2) is 12.0. The smallest absolute Gasteiger partial charge is 0.481 e. The maximum atomic E-state index is 10.1. The molecule has 0 atom stereocenters. The fourth-order valence-corrected chi connectivity index (χ4v) is 1.23. The van der Waals surface area contributed by atoms with E-state index in [-0.39, 0.29) is 16.8 Å². The molecule has 0 saturated heterocycles. The van der Waals surface area contributed by atoms with Gasteiger partial charge >= 0.3 is 22.7 Å². The van der Waals surface area contributed by atoms with Gasteiger partial charge in [-0.15, -0.1) is 0 Å². The molecule has 0 aliphatic rings. The fraction of sp³-hybridized carbons (Fsp3) is 0.900. The van der Waals surface area contributed by atoms with Crippen LogP contribution in [0.15, 0.2) is 0 Å². The van der Waals surface area contributed by atoms with Crippen LogP contribution in [0.5, 0.6) is 0 Å². The molecule has 0 heterocycles.